The Morgan fingerprint density at radius 2 is 1.94 bits per heavy atom. The summed E-state index contributed by atoms with van der Waals surface area (Å²) in [5, 5.41) is 9.12. The molecule has 0 radical (unpaired) electrons. The molecule has 1 aliphatic heterocycles. The highest BCUT2D eigenvalue weighted by Gasteiger charge is 2.17. The summed E-state index contributed by atoms with van der Waals surface area (Å²) in [6.07, 6.45) is 0. The number of rotatable bonds is 3. The largest absolute Gasteiger partial charge is 0.495 e. The van der Waals surface area contributed by atoms with Gasteiger partial charge in [0.25, 0.3) is 0 Å². The molecule has 1 aromatic rings. The molecule has 0 spiro atoms. The third-order valence-electron chi connectivity index (χ3n) is 3.27. The van der Waals surface area contributed by atoms with E-state index in [1.165, 1.54) is 0 Å². The van der Waals surface area contributed by atoms with Crippen LogP contribution in [0.5, 0.6) is 5.75 Å². The summed E-state index contributed by atoms with van der Waals surface area (Å²) in [5.41, 5.74) is 2.01. The lowest BCUT2D eigenvalue weighted by Crippen LogP contribution is -2.44. The minimum Gasteiger partial charge on any atom is -0.495 e. The van der Waals surface area contributed by atoms with Crippen LogP contribution in [0.4, 0.5) is 5.69 Å². The Balaban J connectivity index is 2.19. The van der Waals surface area contributed by atoms with Crippen molar-refractivity contribution in [2.45, 2.75) is 6.61 Å². The Kier molecular flexibility index (Phi) is 3.86. The number of ether oxygens (including phenoxy) is 1. The Hall–Kier alpha value is -1.26. The molecule has 4 nitrogen and oxygen atoms in total. The van der Waals surface area contributed by atoms with Gasteiger partial charge >= 0.3 is 0 Å². The molecule has 1 saturated heterocycles. The van der Waals surface area contributed by atoms with E-state index in [0.717, 1.165) is 43.2 Å². The van der Waals surface area contributed by atoms with Crippen LogP contribution in [0.3, 0.4) is 0 Å². The smallest absolute Gasteiger partial charge is 0.142 e. The zero-order valence-electron chi connectivity index (χ0n) is 10.5. The van der Waals surface area contributed by atoms with E-state index in [1.807, 2.05) is 18.2 Å². The summed E-state index contributed by atoms with van der Waals surface area (Å²) in [5.74, 6) is 0.848. The number of piperazine rings is 1. The van der Waals surface area contributed by atoms with E-state index in [0.29, 0.717) is 0 Å². The first-order valence-electron chi connectivity index (χ1n) is 5.96. The van der Waals surface area contributed by atoms with Crippen LogP contribution in [0.2, 0.25) is 0 Å². The van der Waals surface area contributed by atoms with Crippen molar-refractivity contribution < 1.29 is 9.84 Å². The molecule has 0 saturated carbocycles. The van der Waals surface area contributed by atoms with Gasteiger partial charge in [-0.05, 0) is 24.7 Å². The maximum atomic E-state index is 9.12. The molecule has 1 N–H and O–H groups in total. The third-order valence-corrected chi connectivity index (χ3v) is 3.27. The predicted molar refractivity (Wildman–Crippen MR) is 68.6 cm³/mol. The third kappa shape index (κ3) is 2.70. The van der Waals surface area contributed by atoms with Crippen molar-refractivity contribution in [2.24, 2.45) is 0 Å². The highest BCUT2D eigenvalue weighted by atomic mass is 16.5. The van der Waals surface area contributed by atoms with E-state index in [4.69, 9.17) is 9.84 Å². The number of aliphatic hydroxyl groups excluding tert-OH is 1. The maximum Gasteiger partial charge on any atom is 0.142 e. The van der Waals surface area contributed by atoms with Crippen molar-refractivity contribution in [1.82, 2.24) is 4.90 Å². The second kappa shape index (κ2) is 5.38. The summed E-state index contributed by atoms with van der Waals surface area (Å²) >= 11 is 0. The molecule has 0 bridgehead atoms. The van der Waals surface area contributed by atoms with Crippen LogP contribution in [0.25, 0.3) is 0 Å². The van der Waals surface area contributed by atoms with Crippen molar-refractivity contribution in [3.8, 4) is 5.75 Å². The second-order valence-electron chi connectivity index (χ2n) is 4.45. The molecule has 0 aromatic heterocycles. The standard InChI is InChI=1S/C13H20N2O2/c1-14-5-7-15(8-6-14)12-4-3-11(10-16)9-13(12)17-2/h3-4,9,16H,5-8,10H2,1-2H3. The van der Waals surface area contributed by atoms with Crippen molar-refractivity contribution in [1.29, 1.82) is 0 Å². The monoisotopic (exact) mass is 236 g/mol. The summed E-state index contributed by atoms with van der Waals surface area (Å²) in [6, 6.07) is 5.90. The van der Waals surface area contributed by atoms with E-state index in [-0.39, 0.29) is 6.61 Å². The van der Waals surface area contributed by atoms with E-state index in [1.54, 1.807) is 7.11 Å². The highest BCUT2D eigenvalue weighted by molar-refractivity contribution is 5.60. The number of anilines is 1. The summed E-state index contributed by atoms with van der Waals surface area (Å²) in [7, 11) is 3.82. The van der Waals surface area contributed by atoms with Gasteiger partial charge in [0, 0.05) is 26.2 Å². The molecule has 4 heteroatoms. The molecule has 1 fully saturated rings. The normalized spacial score (nSPS) is 17.2. The molecular weight excluding hydrogens is 216 g/mol. The topological polar surface area (TPSA) is 35.9 Å². The fourth-order valence-corrected chi connectivity index (χ4v) is 2.13. The van der Waals surface area contributed by atoms with Crippen LogP contribution in [0, 0.1) is 0 Å². The molecule has 2 rings (SSSR count). The minimum absolute atomic E-state index is 0.0549. The van der Waals surface area contributed by atoms with Gasteiger partial charge in [-0.25, -0.2) is 0 Å². The number of hydrogen-bond donors (Lipinski definition) is 1. The van der Waals surface area contributed by atoms with Gasteiger partial charge in [-0.2, -0.15) is 0 Å². The SMILES string of the molecule is COc1cc(CO)ccc1N1CCN(C)CC1. The van der Waals surface area contributed by atoms with Crippen molar-refractivity contribution in [3.63, 3.8) is 0 Å². The molecule has 1 heterocycles. The van der Waals surface area contributed by atoms with E-state index in [2.05, 4.69) is 16.8 Å². The van der Waals surface area contributed by atoms with E-state index in [9.17, 15) is 0 Å². The molecule has 0 unspecified atom stereocenters. The molecule has 94 valence electrons. The maximum absolute atomic E-state index is 9.12. The van der Waals surface area contributed by atoms with Gasteiger partial charge < -0.3 is 19.6 Å². The first-order chi connectivity index (χ1) is 8.24. The summed E-state index contributed by atoms with van der Waals surface area (Å²) in [4.78, 5) is 4.66. The number of methoxy groups -OCH3 is 1. The summed E-state index contributed by atoms with van der Waals surface area (Å²) in [6.45, 7) is 4.24. The van der Waals surface area contributed by atoms with Gasteiger partial charge in [-0.1, -0.05) is 6.07 Å². The fourth-order valence-electron chi connectivity index (χ4n) is 2.13. The Morgan fingerprint density at radius 3 is 2.53 bits per heavy atom. The number of hydrogen-bond acceptors (Lipinski definition) is 4. The fraction of sp³-hybridized carbons (Fsp3) is 0.538. The zero-order chi connectivity index (χ0) is 12.3. The van der Waals surface area contributed by atoms with Gasteiger partial charge in [-0.3, -0.25) is 0 Å². The van der Waals surface area contributed by atoms with Gasteiger partial charge in [0.1, 0.15) is 5.75 Å². The van der Waals surface area contributed by atoms with Crippen LogP contribution < -0.4 is 9.64 Å². The molecule has 1 aromatic carbocycles. The van der Waals surface area contributed by atoms with Gasteiger partial charge in [0.15, 0.2) is 0 Å². The number of aliphatic hydroxyl groups is 1. The first-order valence-corrected chi connectivity index (χ1v) is 5.96. The highest BCUT2D eigenvalue weighted by Crippen LogP contribution is 2.30. The summed E-state index contributed by atoms with van der Waals surface area (Å²) < 4.78 is 5.40. The Morgan fingerprint density at radius 1 is 1.24 bits per heavy atom. The molecule has 0 amide bonds. The molecule has 0 atom stereocenters. The van der Waals surface area contributed by atoms with Gasteiger partial charge in [-0.15, -0.1) is 0 Å². The average molecular weight is 236 g/mol. The average Bonchev–Trinajstić information content (AvgIpc) is 2.39. The molecule has 1 aliphatic rings. The van der Waals surface area contributed by atoms with Crippen LogP contribution in [-0.4, -0.2) is 50.3 Å². The first kappa shape index (κ1) is 12.2. The van der Waals surface area contributed by atoms with Gasteiger partial charge in [0.05, 0.1) is 19.4 Å². The lowest BCUT2D eigenvalue weighted by atomic mass is 10.1. The lowest BCUT2D eigenvalue weighted by Gasteiger charge is -2.34. The minimum atomic E-state index is 0.0549. The zero-order valence-corrected chi connectivity index (χ0v) is 10.5. The van der Waals surface area contributed by atoms with Crippen molar-refractivity contribution >= 4 is 5.69 Å². The van der Waals surface area contributed by atoms with Gasteiger partial charge in [0.2, 0.25) is 0 Å². The van der Waals surface area contributed by atoms with E-state index < -0.39 is 0 Å². The van der Waals surface area contributed by atoms with E-state index >= 15 is 0 Å². The number of likely N-dealkylation sites (N-methyl/N-ethyl adjacent to an activating group) is 1. The second-order valence-corrected chi connectivity index (χ2v) is 4.45. The predicted octanol–water partition coefficient (Wildman–Crippen LogP) is 0.939. The number of benzene rings is 1. The van der Waals surface area contributed by atoms with Crippen molar-refractivity contribution in [2.75, 3.05) is 45.2 Å². The lowest BCUT2D eigenvalue weighted by molar-refractivity contribution is 0.281. The molecular formula is C13H20N2O2. The Labute approximate surface area is 102 Å². The van der Waals surface area contributed by atoms with Crippen LogP contribution in [-0.2, 0) is 6.61 Å². The molecule has 0 aliphatic carbocycles. The van der Waals surface area contributed by atoms with Crippen LogP contribution in [0.1, 0.15) is 5.56 Å². The van der Waals surface area contributed by atoms with Crippen LogP contribution >= 0.6 is 0 Å². The molecule has 17 heavy (non-hydrogen) atoms. The van der Waals surface area contributed by atoms with Crippen LogP contribution in [0.15, 0.2) is 18.2 Å². The van der Waals surface area contributed by atoms with Crippen molar-refractivity contribution in [3.05, 3.63) is 23.8 Å². The quantitative estimate of drug-likeness (QED) is 0.847. The number of nitrogens with zero attached hydrogens (tertiary/aromatic N) is 2. The Bertz CT molecular complexity index is 374.